The van der Waals surface area contributed by atoms with Crippen molar-refractivity contribution in [3.63, 3.8) is 0 Å². The lowest BCUT2D eigenvalue weighted by Gasteiger charge is -2.31. The number of carbonyl (C=O) groups excluding carboxylic acids is 1. The number of likely N-dealkylation sites (tertiary alicyclic amines) is 1. The maximum Gasteiger partial charge on any atom is 0.337 e. The quantitative estimate of drug-likeness (QED) is 0.237. The van der Waals surface area contributed by atoms with Crippen molar-refractivity contribution in [2.75, 3.05) is 20.2 Å². The topological polar surface area (TPSA) is 116 Å². The molecule has 2 aromatic carbocycles. The average Bonchev–Trinajstić information content (AvgIpc) is 3.75. The minimum atomic E-state index is -0.469. The highest BCUT2D eigenvalue weighted by Crippen LogP contribution is 2.27. The molecular formula is C31H31FN8O3. The fourth-order valence-electron chi connectivity index (χ4n) is 5.44. The summed E-state index contributed by atoms with van der Waals surface area (Å²) in [6, 6.07) is 13.7. The summed E-state index contributed by atoms with van der Waals surface area (Å²) < 4.78 is 30.9. The number of aryl methyl sites for hydroxylation is 1. The highest BCUT2D eigenvalue weighted by molar-refractivity contribution is 5.93. The van der Waals surface area contributed by atoms with E-state index in [2.05, 4.69) is 19.5 Å². The molecule has 0 radical (unpaired) electrons. The number of fused-ring (bicyclic) bond motifs is 1. The first-order valence-electron chi connectivity index (χ1n) is 14.0. The number of rotatable bonds is 9. The number of hydrogen-bond donors (Lipinski definition) is 0. The van der Waals surface area contributed by atoms with Crippen LogP contribution in [0.5, 0.6) is 5.88 Å². The van der Waals surface area contributed by atoms with Crippen molar-refractivity contribution in [3.05, 3.63) is 95.2 Å². The molecule has 1 aliphatic heterocycles. The lowest BCUT2D eigenvalue weighted by Crippen LogP contribution is -2.35. The zero-order valence-electron chi connectivity index (χ0n) is 24.0. The number of imidazole rings is 2. The van der Waals surface area contributed by atoms with Crippen LogP contribution in [-0.2, 0) is 31.5 Å². The average molecular weight is 583 g/mol. The largest absolute Gasteiger partial charge is 0.472 e. The number of methoxy groups -OCH3 is 1. The van der Waals surface area contributed by atoms with E-state index >= 15 is 0 Å². The SMILES string of the molecule is COC(=O)c1ccc2nc(CN3CCC(n4ccc(OCc5ccc(C#N)cc5F)n4)CC3)n(Cc3cncn3C)c2c1. The molecule has 0 N–H and O–H groups in total. The minimum absolute atomic E-state index is 0.0357. The van der Waals surface area contributed by atoms with Gasteiger partial charge < -0.3 is 18.6 Å². The zero-order valence-corrected chi connectivity index (χ0v) is 24.0. The first-order chi connectivity index (χ1) is 20.9. The molecule has 0 bridgehead atoms. The summed E-state index contributed by atoms with van der Waals surface area (Å²) in [5, 5.41) is 13.5. The van der Waals surface area contributed by atoms with Crippen molar-refractivity contribution in [1.82, 2.24) is 33.8 Å². The van der Waals surface area contributed by atoms with Crippen LogP contribution < -0.4 is 4.74 Å². The number of nitrogens with zero attached hydrogens (tertiary/aromatic N) is 8. The van der Waals surface area contributed by atoms with Gasteiger partial charge in [-0.1, -0.05) is 6.07 Å². The summed E-state index contributed by atoms with van der Waals surface area (Å²) in [5.74, 6) is 0.499. The number of carbonyl (C=O) groups is 1. The second-order valence-corrected chi connectivity index (χ2v) is 10.7. The smallest absolute Gasteiger partial charge is 0.337 e. The molecular weight excluding hydrogens is 551 g/mol. The lowest BCUT2D eigenvalue weighted by atomic mass is 10.1. The van der Waals surface area contributed by atoms with E-state index in [0.717, 1.165) is 48.5 Å². The van der Waals surface area contributed by atoms with E-state index in [9.17, 15) is 9.18 Å². The maximum absolute atomic E-state index is 14.2. The van der Waals surface area contributed by atoms with Gasteiger partial charge >= 0.3 is 5.97 Å². The van der Waals surface area contributed by atoms with Crippen molar-refractivity contribution in [2.45, 2.75) is 38.6 Å². The Kier molecular flexibility index (Phi) is 7.89. The molecule has 12 heteroatoms. The summed E-state index contributed by atoms with van der Waals surface area (Å²) in [6.07, 6.45) is 7.32. The third kappa shape index (κ3) is 5.98. The molecule has 0 aliphatic carbocycles. The Morgan fingerprint density at radius 2 is 1.98 bits per heavy atom. The molecule has 0 spiro atoms. The van der Waals surface area contributed by atoms with Gasteiger partial charge in [0.1, 0.15) is 18.2 Å². The van der Waals surface area contributed by atoms with Gasteiger partial charge in [-0.2, -0.15) is 5.26 Å². The summed E-state index contributed by atoms with van der Waals surface area (Å²) >= 11 is 0. The molecule has 11 nitrogen and oxygen atoms in total. The summed E-state index contributed by atoms with van der Waals surface area (Å²) in [7, 11) is 3.34. The van der Waals surface area contributed by atoms with Crippen molar-refractivity contribution >= 4 is 17.0 Å². The van der Waals surface area contributed by atoms with E-state index in [-0.39, 0.29) is 24.2 Å². The molecule has 0 saturated carbocycles. The molecule has 3 aromatic heterocycles. The Morgan fingerprint density at radius 3 is 2.70 bits per heavy atom. The number of aromatic nitrogens is 6. The number of halogens is 1. The van der Waals surface area contributed by atoms with E-state index in [1.54, 1.807) is 30.6 Å². The number of nitriles is 1. The molecule has 43 heavy (non-hydrogen) atoms. The molecule has 1 saturated heterocycles. The van der Waals surface area contributed by atoms with E-state index in [1.807, 2.05) is 46.9 Å². The van der Waals surface area contributed by atoms with Gasteiger partial charge in [-0.15, -0.1) is 5.10 Å². The van der Waals surface area contributed by atoms with Crippen molar-refractivity contribution in [1.29, 1.82) is 5.26 Å². The van der Waals surface area contributed by atoms with Crippen LogP contribution in [0.1, 0.15) is 51.9 Å². The van der Waals surface area contributed by atoms with E-state index in [1.165, 1.54) is 13.2 Å². The van der Waals surface area contributed by atoms with Crippen molar-refractivity contribution in [2.24, 2.45) is 7.05 Å². The standard InChI is InChI=1S/C31H31FN8O3/c1-37-20-34-16-25(37)17-39-28-14-22(31(41)42-2)5-6-27(28)35-29(39)18-38-10-7-24(8-11-38)40-12-9-30(36-40)43-19-23-4-3-21(15-33)13-26(23)32/h3-6,9,12-14,16,20,24H,7-8,10-11,17-19H2,1-2H3. The van der Waals surface area contributed by atoms with Gasteiger partial charge in [0.25, 0.3) is 0 Å². The van der Waals surface area contributed by atoms with Crippen LogP contribution in [0.2, 0.25) is 0 Å². The van der Waals surface area contributed by atoms with Gasteiger partial charge in [-0.05, 0) is 43.2 Å². The highest BCUT2D eigenvalue weighted by Gasteiger charge is 2.24. The van der Waals surface area contributed by atoms with Gasteiger partial charge in [0.2, 0.25) is 5.88 Å². The van der Waals surface area contributed by atoms with Crippen LogP contribution in [0.15, 0.2) is 61.2 Å². The molecule has 1 aliphatic rings. The molecule has 0 atom stereocenters. The van der Waals surface area contributed by atoms with Crippen LogP contribution in [0.4, 0.5) is 4.39 Å². The van der Waals surface area contributed by atoms with Crippen LogP contribution in [0.25, 0.3) is 11.0 Å². The predicted octanol–water partition coefficient (Wildman–Crippen LogP) is 4.23. The Hall–Kier alpha value is -5.02. The number of benzene rings is 2. The summed E-state index contributed by atoms with van der Waals surface area (Å²) in [5.41, 5.74) is 3.86. The fourth-order valence-corrected chi connectivity index (χ4v) is 5.44. The summed E-state index contributed by atoms with van der Waals surface area (Å²) in [4.78, 5) is 23.8. The number of ether oxygens (including phenoxy) is 2. The van der Waals surface area contributed by atoms with Crippen LogP contribution in [-0.4, -0.2) is 60.0 Å². The van der Waals surface area contributed by atoms with Crippen LogP contribution in [0.3, 0.4) is 0 Å². The first-order valence-corrected chi connectivity index (χ1v) is 14.0. The second-order valence-electron chi connectivity index (χ2n) is 10.7. The van der Waals surface area contributed by atoms with Gasteiger partial charge in [-0.3, -0.25) is 9.58 Å². The maximum atomic E-state index is 14.2. The third-order valence-electron chi connectivity index (χ3n) is 7.92. The Balaban J connectivity index is 1.12. The molecule has 0 unspecified atom stereocenters. The van der Waals surface area contributed by atoms with Crippen LogP contribution >= 0.6 is 0 Å². The monoisotopic (exact) mass is 582 g/mol. The third-order valence-corrected chi connectivity index (χ3v) is 7.92. The van der Waals surface area contributed by atoms with Gasteiger partial charge in [0.15, 0.2) is 0 Å². The number of piperidine rings is 1. The zero-order chi connectivity index (χ0) is 29.9. The van der Waals surface area contributed by atoms with Gasteiger partial charge in [0, 0.05) is 44.2 Å². The molecule has 5 aromatic rings. The minimum Gasteiger partial charge on any atom is -0.472 e. The first kappa shape index (κ1) is 28.1. The lowest BCUT2D eigenvalue weighted by molar-refractivity contribution is 0.0601. The van der Waals surface area contributed by atoms with E-state index < -0.39 is 5.82 Å². The Morgan fingerprint density at radius 1 is 1.14 bits per heavy atom. The Bertz CT molecular complexity index is 1810. The molecule has 220 valence electrons. The summed E-state index contributed by atoms with van der Waals surface area (Å²) in [6.45, 7) is 3.00. The molecule has 6 rings (SSSR count). The normalized spacial score (nSPS) is 14.2. The Labute approximate surface area is 247 Å². The van der Waals surface area contributed by atoms with Crippen LogP contribution in [0, 0.1) is 17.1 Å². The van der Waals surface area contributed by atoms with Crippen molar-refractivity contribution < 1.29 is 18.7 Å². The predicted molar refractivity (Wildman–Crippen MR) is 155 cm³/mol. The van der Waals surface area contributed by atoms with Gasteiger partial charge in [0.05, 0.1) is 66.5 Å². The second kappa shape index (κ2) is 12.1. The fraction of sp³-hybridized carbons (Fsp3) is 0.323. The highest BCUT2D eigenvalue weighted by atomic mass is 19.1. The van der Waals surface area contributed by atoms with E-state index in [0.29, 0.717) is 30.1 Å². The molecule has 4 heterocycles. The molecule has 1 fully saturated rings. The molecule has 0 amide bonds. The van der Waals surface area contributed by atoms with Gasteiger partial charge in [-0.25, -0.2) is 19.2 Å². The number of esters is 1. The number of hydrogen-bond acceptors (Lipinski definition) is 8. The van der Waals surface area contributed by atoms with E-state index in [4.69, 9.17) is 19.7 Å². The van der Waals surface area contributed by atoms with Crippen molar-refractivity contribution in [3.8, 4) is 11.9 Å².